The van der Waals surface area contributed by atoms with Crippen molar-refractivity contribution in [2.45, 2.75) is 27.2 Å². The molecule has 4 nitrogen and oxygen atoms in total. The van der Waals surface area contributed by atoms with Crippen LogP contribution < -0.4 is 9.64 Å². The highest BCUT2D eigenvalue weighted by atomic mass is 16.5. The van der Waals surface area contributed by atoms with Gasteiger partial charge in [-0.25, -0.2) is 0 Å². The van der Waals surface area contributed by atoms with Crippen molar-refractivity contribution in [2.24, 2.45) is 10.2 Å². The summed E-state index contributed by atoms with van der Waals surface area (Å²) in [6.45, 7) is 9.15. The molecule has 0 amide bonds. The first kappa shape index (κ1) is 17.0. The van der Waals surface area contributed by atoms with Crippen molar-refractivity contribution in [2.75, 3.05) is 24.6 Å². The number of rotatable bonds is 8. The SMILES string of the molecule is CCCOc1ccc(N=Nc2ccc(N(CC)CC)cc2)cc1. The maximum absolute atomic E-state index is 5.55. The number of hydrogen-bond acceptors (Lipinski definition) is 4. The molecule has 0 radical (unpaired) electrons. The van der Waals surface area contributed by atoms with Crippen LogP contribution in [0.3, 0.4) is 0 Å². The van der Waals surface area contributed by atoms with E-state index in [2.05, 4.69) is 48.0 Å². The predicted molar refractivity (Wildman–Crippen MR) is 96.4 cm³/mol. The minimum Gasteiger partial charge on any atom is -0.494 e. The van der Waals surface area contributed by atoms with Gasteiger partial charge in [-0.1, -0.05) is 6.92 Å². The van der Waals surface area contributed by atoms with Gasteiger partial charge in [-0.05, 0) is 68.8 Å². The topological polar surface area (TPSA) is 37.2 Å². The second kappa shape index (κ2) is 8.93. The lowest BCUT2D eigenvalue weighted by Gasteiger charge is -2.20. The first-order chi connectivity index (χ1) is 11.3. The number of nitrogens with zero attached hydrogens (tertiary/aromatic N) is 3. The monoisotopic (exact) mass is 311 g/mol. The summed E-state index contributed by atoms with van der Waals surface area (Å²) in [7, 11) is 0. The van der Waals surface area contributed by atoms with Crippen LogP contribution in [-0.2, 0) is 0 Å². The van der Waals surface area contributed by atoms with E-state index in [9.17, 15) is 0 Å². The Kier molecular flexibility index (Phi) is 6.60. The van der Waals surface area contributed by atoms with Crippen LogP contribution in [0.25, 0.3) is 0 Å². The van der Waals surface area contributed by atoms with Crippen molar-refractivity contribution in [1.82, 2.24) is 0 Å². The standard InChI is InChI=1S/C19H25N3O/c1-4-15-23-19-13-9-17(10-14-19)21-20-16-7-11-18(12-8-16)22(5-2)6-3/h7-14H,4-6,15H2,1-3H3. The summed E-state index contributed by atoms with van der Waals surface area (Å²) in [6, 6.07) is 15.8. The first-order valence-corrected chi connectivity index (χ1v) is 8.26. The van der Waals surface area contributed by atoms with Gasteiger partial charge >= 0.3 is 0 Å². The molecule has 0 aliphatic rings. The lowest BCUT2D eigenvalue weighted by Crippen LogP contribution is -2.21. The fourth-order valence-electron chi connectivity index (χ4n) is 2.26. The minimum absolute atomic E-state index is 0.736. The average molecular weight is 311 g/mol. The maximum atomic E-state index is 5.55. The number of anilines is 1. The molecule has 2 rings (SSSR count). The fraction of sp³-hybridized carbons (Fsp3) is 0.368. The quantitative estimate of drug-likeness (QED) is 0.583. The van der Waals surface area contributed by atoms with Gasteiger partial charge in [-0.3, -0.25) is 0 Å². The molecule has 122 valence electrons. The Labute approximate surface area is 138 Å². The summed E-state index contributed by atoms with van der Waals surface area (Å²) in [4.78, 5) is 2.30. The Morgan fingerprint density at radius 2 is 1.30 bits per heavy atom. The predicted octanol–water partition coefficient (Wildman–Crippen LogP) is 5.74. The van der Waals surface area contributed by atoms with Crippen LogP contribution in [0.15, 0.2) is 58.8 Å². The molecular weight excluding hydrogens is 286 g/mol. The zero-order valence-corrected chi connectivity index (χ0v) is 14.2. The summed E-state index contributed by atoms with van der Waals surface area (Å²) < 4.78 is 5.55. The largest absolute Gasteiger partial charge is 0.494 e. The Morgan fingerprint density at radius 1 is 0.783 bits per heavy atom. The fourth-order valence-corrected chi connectivity index (χ4v) is 2.26. The van der Waals surface area contributed by atoms with E-state index in [1.165, 1.54) is 5.69 Å². The lowest BCUT2D eigenvalue weighted by atomic mass is 10.2. The van der Waals surface area contributed by atoms with Crippen LogP contribution in [0.1, 0.15) is 27.2 Å². The molecule has 0 heterocycles. The molecule has 0 aliphatic carbocycles. The second-order valence-corrected chi connectivity index (χ2v) is 5.23. The smallest absolute Gasteiger partial charge is 0.119 e. The molecule has 0 aromatic heterocycles. The Hall–Kier alpha value is -2.36. The summed E-state index contributed by atoms with van der Waals surface area (Å²) in [5, 5.41) is 8.55. The van der Waals surface area contributed by atoms with E-state index in [0.29, 0.717) is 0 Å². The lowest BCUT2D eigenvalue weighted by molar-refractivity contribution is 0.317. The molecule has 0 N–H and O–H groups in total. The van der Waals surface area contributed by atoms with E-state index < -0.39 is 0 Å². The van der Waals surface area contributed by atoms with Crippen LogP contribution in [0, 0.1) is 0 Å². The number of ether oxygens (including phenoxy) is 1. The highest BCUT2D eigenvalue weighted by Gasteiger charge is 2.01. The van der Waals surface area contributed by atoms with Gasteiger partial charge in [0.15, 0.2) is 0 Å². The molecule has 0 bridgehead atoms. The molecule has 2 aromatic rings. The van der Waals surface area contributed by atoms with Gasteiger partial charge in [-0.15, -0.1) is 0 Å². The number of azo groups is 1. The van der Waals surface area contributed by atoms with E-state index in [1.807, 2.05) is 36.4 Å². The van der Waals surface area contributed by atoms with E-state index in [-0.39, 0.29) is 0 Å². The van der Waals surface area contributed by atoms with Crippen molar-refractivity contribution in [1.29, 1.82) is 0 Å². The third-order valence-electron chi connectivity index (χ3n) is 3.57. The van der Waals surface area contributed by atoms with Crippen molar-refractivity contribution in [3.8, 4) is 5.75 Å². The number of benzene rings is 2. The summed E-state index contributed by atoms with van der Waals surface area (Å²) >= 11 is 0. The van der Waals surface area contributed by atoms with Crippen LogP contribution >= 0.6 is 0 Å². The van der Waals surface area contributed by atoms with E-state index in [4.69, 9.17) is 4.74 Å². The molecule has 0 unspecified atom stereocenters. The second-order valence-electron chi connectivity index (χ2n) is 5.23. The summed E-state index contributed by atoms with van der Waals surface area (Å²) in [5.74, 6) is 0.870. The minimum atomic E-state index is 0.736. The molecule has 23 heavy (non-hydrogen) atoms. The van der Waals surface area contributed by atoms with Crippen molar-refractivity contribution < 1.29 is 4.74 Å². The zero-order valence-electron chi connectivity index (χ0n) is 14.2. The van der Waals surface area contributed by atoms with Gasteiger partial charge in [0.25, 0.3) is 0 Å². The Morgan fingerprint density at radius 3 is 1.78 bits per heavy atom. The number of hydrogen-bond donors (Lipinski definition) is 0. The van der Waals surface area contributed by atoms with Gasteiger partial charge in [0.2, 0.25) is 0 Å². The van der Waals surface area contributed by atoms with E-state index >= 15 is 0 Å². The molecule has 0 saturated heterocycles. The molecule has 0 fully saturated rings. The highest BCUT2D eigenvalue weighted by molar-refractivity contribution is 5.52. The van der Waals surface area contributed by atoms with Crippen LogP contribution in [0.2, 0.25) is 0 Å². The van der Waals surface area contributed by atoms with Gasteiger partial charge < -0.3 is 9.64 Å². The van der Waals surface area contributed by atoms with Crippen molar-refractivity contribution in [3.63, 3.8) is 0 Å². The van der Waals surface area contributed by atoms with Gasteiger partial charge in [-0.2, -0.15) is 10.2 Å². The molecule has 0 saturated carbocycles. The first-order valence-electron chi connectivity index (χ1n) is 8.26. The highest BCUT2D eigenvalue weighted by Crippen LogP contribution is 2.23. The molecule has 2 aromatic carbocycles. The van der Waals surface area contributed by atoms with Gasteiger partial charge in [0.1, 0.15) is 5.75 Å². The zero-order chi connectivity index (χ0) is 16.5. The van der Waals surface area contributed by atoms with E-state index in [1.54, 1.807) is 0 Å². The molecule has 0 atom stereocenters. The van der Waals surface area contributed by atoms with Crippen LogP contribution in [0.4, 0.5) is 17.1 Å². The maximum Gasteiger partial charge on any atom is 0.119 e. The van der Waals surface area contributed by atoms with Crippen LogP contribution in [0.5, 0.6) is 5.75 Å². The summed E-state index contributed by atoms with van der Waals surface area (Å²) in [6.07, 6.45) is 1.00. The van der Waals surface area contributed by atoms with E-state index in [0.717, 1.165) is 43.2 Å². The Bertz CT molecular complexity index is 602. The third-order valence-corrected chi connectivity index (χ3v) is 3.57. The van der Waals surface area contributed by atoms with Crippen LogP contribution in [-0.4, -0.2) is 19.7 Å². The third kappa shape index (κ3) is 5.09. The molecular formula is C19H25N3O. The normalized spacial score (nSPS) is 10.9. The molecule has 0 aliphatic heterocycles. The average Bonchev–Trinajstić information content (AvgIpc) is 2.61. The molecule has 4 heteroatoms. The van der Waals surface area contributed by atoms with Gasteiger partial charge in [0, 0.05) is 18.8 Å². The van der Waals surface area contributed by atoms with Crippen molar-refractivity contribution >= 4 is 17.1 Å². The Balaban J connectivity index is 1.99. The summed E-state index contributed by atoms with van der Waals surface area (Å²) in [5.41, 5.74) is 2.89. The van der Waals surface area contributed by atoms with Gasteiger partial charge in [0.05, 0.1) is 18.0 Å². The molecule has 0 spiro atoms. The van der Waals surface area contributed by atoms with Crippen molar-refractivity contribution in [3.05, 3.63) is 48.5 Å².